The lowest BCUT2D eigenvalue weighted by atomic mass is 10.1. The predicted molar refractivity (Wildman–Crippen MR) is 136 cm³/mol. The molecule has 6 nitrogen and oxygen atoms in total. The van der Waals surface area contributed by atoms with E-state index in [1.165, 1.54) is 16.8 Å². The first-order valence-electron chi connectivity index (χ1n) is 11.5. The maximum absolute atomic E-state index is 12.6. The monoisotopic (exact) mass is 464 g/mol. The van der Waals surface area contributed by atoms with E-state index < -0.39 is 0 Å². The topological polar surface area (TPSA) is 57.6 Å². The van der Waals surface area contributed by atoms with E-state index in [9.17, 15) is 9.59 Å². The van der Waals surface area contributed by atoms with Gasteiger partial charge in [0.25, 0.3) is 0 Å². The zero-order chi connectivity index (χ0) is 23.4. The third kappa shape index (κ3) is 5.54. The summed E-state index contributed by atoms with van der Waals surface area (Å²) in [6, 6.07) is 14.5. The fourth-order valence-electron chi connectivity index (χ4n) is 4.27. The van der Waals surface area contributed by atoms with E-state index in [-0.39, 0.29) is 17.3 Å². The molecule has 1 N–H and O–H groups in total. The Bertz CT molecular complexity index is 1160. The van der Waals surface area contributed by atoms with Crippen molar-refractivity contribution >= 4 is 22.9 Å². The van der Waals surface area contributed by atoms with Crippen LogP contribution in [0.5, 0.6) is 0 Å². The number of aryl methyl sites for hydroxylation is 2. The smallest absolute Gasteiger partial charge is 0.308 e. The molecular weight excluding hydrogens is 432 g/mol. The molecular formula is C26H32N4O2S. The number of aromatic nitrogens is 1. The Morgan fingerprint density at radius 3 is 2.45 bits per heavy atom. The summed E-state index contributed by atoms with van der Waals surface area (Å²) in [6.07, 6.45) is 0. The van der Waals surface area contributed by atoms with Crippen LogP contribution in [0.25, 0.3) is 11.3 Å². The first-order valence-corrected chi connectivity index (χ1v) is 12.4. The standard InChI is InChI=1S/C26H32N4O2S/c1-19-7-9-22(10-8-19)24-18-33-26(32)30(24)17-25(31)27-11-12-28-13-15-29(16-14-28)23-6-4-5-20(2)21(23)3/h4-10,18H,11-17H2,1-3H3,(H,27,31). The van der Waals surface area contributed by atoms with Crippen molar-refractivity contribution < 1.29 is 4.79 Å². The molecule has 7 heteroatoms. The van der Waals surface area contributed by atoms with Crippen LogP contribution in [0.3, 0.4) is 0 Å². The van der Waals surface area contributed by atoms with Gasteiger partial charge < -0.3 is 10.2 Å². The molecule has 0 unspecified atom stereocenters. The number of hydrogen-bond donors (Lipinski definition) is 1. The van der Waals surface area contributed by atoms with Gasteiger partial charge in [0.05, 0.1) is 5.69 Å². The number of benzene rings is 2. The minimum absolute atomic E-state index is 0.0476. The number of thiazole rings is 1. The highest BCUT2D eigenvalue weighted by atomic mass is 32.1. The SMILES string of the molecule is Cc1ccc(-c2csc(=O)n2CC(=O)NCCN2CCN(c3cccc(C)c3C)CC2)cc1. The first kappa shape index (κ1) is 23.3. The fourth-order valence-corrected chi connectivity index (χ4v) is 5.04. The lowest BCUT2D eigenvalue weighted by Crippen LogP contribution is -2.48. The molecule has 1 aromatic heterocycles. The molecule has 1 aliphatic heterocycles. The summed E-state index contributed by atoms with van der Waals surface area (Å²) in [5, 5.41) is 4.82. The molecule has 0 saturated carbocycles. The van der Waals surface area contributed by atoms with E-state index in [1.807, 2.05) is 36.6 Å². The molecule has 1 fully saturated rings. The lowest BCUT2D eigenvalue weighted by molar-refractivity contribution is -0.121. The van der Waals surface area contributed by atoms with Crippen LogP contribution in [0.2, 0.25) is 0 Å². The third-order valence-electron chi connectivity index (χ3n) is 6.47. The summed E-state index contributed by atoms with van der Waals surface area (Å²) in [7, 11) is 0. The van der Waals surface area contributed by atoms with Gasteiger partial charge in [-0.3, -0.25) is 19.1 Å². The van der Waals surface area contributed by atoms with Gasteiger partial charge in [0, 0.05) is 50.3 Å². The summed E-state index contributed by atoms with van der Waals surface area (Å²) in [6.45, 7) is 11.8. The molecule has 4 rings (SSSR count). The van der Waals surface area contributed by atoms with E-state index in [2.05, 4.69) is 47.2 Å². The highest BCUT2D eigenvalue weighted by Gasteiger charge is 2.19. The Labute approximate surface area is 199 Å². The maximum atomic E-state index is 12.6. The van der Waals surface area contributed by atoms with Gasteiger partial charge in [0.1, 0.15) is 6.54 Å². The van der Waals surface area contributed by atoms with Crippen LogP contribution in [0.4, 0.5) is 5.69 Å². The molecule has 33 heavy (non-hydrogen) atoms. The van der Waals surface area contributed by atoms with Crippen LogP contribution < -0.4 is 15.1 Å². The third-order valence-corrected chi connectivity index (χ3v) is 7.23. The van der Waals surface area contributed by atoms with Crippen LogP contribution in [0, 0.1) is 20.8 Å². The van der Waals surface area contributed by atoms with Crippen LogP contribution >= 0.6 is 11.3 Å². The van der Waals surface area contributed by atoms with Crippen molar-refractivity contribution in [2.24, 2.45) is 0 Å². The fraction of sp³-hybridized carbons (Fsp3) is 0.385. The van der Waals surface area contributed by atoms with Crippen molar-refractivity contribution in [3.05, 3.63) is 74.2 Å². The summed E-state index contributed by atoms with van der Waals surface area (Å²) < 4.78 is 1.56. The molecule has 0 bridgehead atoms. The van der Waals surface area contributed by atoms with E-state index in [4.69, 9.17) is 0 Å². The summed E-state index contributed by atoms with van der Waals surface area (Å²) in [4.78, 5) is 29.6. The van der Waals surface area contributed by atoms with Gasteiger partial charge in [0.15, 0.2) is 0 Å². The molecule has 2 heterocycles. The molecule has 1 aliphatic rings. The van der Waals surface area contributed by atoms with Crippen LogP contribution in [0.15, 0.2) is 52.6 Å². The first-order chi connectivity index (χ1) is 15.9. The highest BCUT2D eigenvalue weighted by molar-refractivity contribution is 7.07. The molecule has 3 aromatic rings. The summed E-state index contributed by atoms with van der Waals surface area (Å²) >= 11 is 1.13. The van der Waals surface area contributed by atoms with E-state index in [0.29, 0.717) is 6.54 Å². The van der Waals surface area contributed by atoms with Crippen molar-refractivity contribution in [3.63, 3.8) is 0 Å². The zero-order valence-electron chi connectivity index (χ0n) is 19.6. The van der Waals surface area contributed by atoms with Gasteiger partial charge >= 0.3 is 4.87 Å². The van der Waals surface area contributed by atoms with Crippen LogP contribution in [-0.4, -0.2) is 54.6 Å². The number of carbonyl (C=O) groups is 1. The second kappa shape index (κ2) is 10.4. The van der Waals surface area contributed by atoms with E-state index in [0.717, 1.165) is 60.9 Å². The van der Waals surface area contributed by atoms with Crippen molar-refractivity contribution in [2.75, 3.05) is 44.2 Å². The Morgan fingerprint density at radius 2 is 1.73 bits per heavy atom. The number of rotatable bonds is 7. The summed E-state index contributed by atoms with van der Waals surface area (Å²) in [5.41, 5.74) is 6.92. The Hall–Kier alpha value is -2.90. The number of carbonyl (C=O) groups excluding carboxylic acids is 1. The molecule has 0 atom stereocenters. The number of amides is 1. The molecule has 0 radical (unpaired) electrons. The second-order valence-electron chi connectivity index (χ2n) is 8.74. The molecule has 2 aromatic carbocycles. The van der Waals surface area contributed by atoms with Crippen LogP contribution in [0.1, 0.15) is 16.7 Å². The number of piperazine rings is 1. The maximum Gasteiger partial charge on any atom is 0.308 e. The number of hydrogen-bond acceptors (Lipinski definition) is 5. The molecule has 1 saturated heterocycles. The molecule has 0 aliphatic carbocycles. The van der Waals surface area contributed by atoms with Gasteiger partial charge in [-0.2, -0.15) is 0 Å². The van der Waals surface area contributed by atoms with Gasteiger partial charge in [-0.15, -0.1) is 0 Å². The zero-order valence-corrected chi connectivity index (χ0v) is 20.5. The minimum atomic E-state index is -0.127. The lowest BCUT2D eigenvalue weighted by Gasteiger charge is -2.37. The van der Waals surface area contributed by atoms with Crippen molar-refractivity contribution in [1.29, 1.82) is 0 Å². The van der Waals surface area contributed by atoms with Crippen molar-refractivity contribution in [3.8, 4) is 11.3 Å². The van der Waals surface area contributed by atoms with Crippen molar-refractivity contribution in [1.82, 2.24) is 14.8 Å². The minimum Gasteiger partial charge on any atom is -0.369 e. The van der Waals surface area contributed by atoms with Gasteiger partial charge in [0.2, 0.25) is 5.91 Å². The normalized spacial score (nSPS) is 14.5. The summed E-state index contributed by atoms with van der Waals surface area (Å²) in [5.74, 6) is -0.127. The molecule has 1 amide bonds. The van der Waals surface area contributed by atoms with Crippen LogP contribution in [-0.2, 0) is 11.3 Å². The Kier molecular flexibility index (Phi) is 7.30. The molecule has 174 valence electrons. The average molecular weight is 465 g/mol. The number of anilines is 1. The largest absolute Gasteiger partial charge is 0.369 e. The second-order valence-corrected chi connectivity index (χ2v) is 9.56. The highest BCUT2D eigenvalue weighted by Crippen LogP contribution is 2.24. The van der Waals surface area contributed by atoms with Gasteiger partial charge in [-0.1, -0.05) is 53.3 Å². The average Bonchev–Trinajstić information content (AvgIpc) is 3.17. The number of nitrogens with one attached hydrogen (secondary N) is 1. The van der Waals surface area contributed by atoms with Gasteiger partial charge in [-0.25, -0.2) is 0 Å². The van der Waals surface area contributed by atoms with E-state index in [1.54, 1.807) is 4.57 Å². The van der Waals surface area contributed by atoms with Gasteiger partial charge in [-0.05, 0) is 43.5 Å². The van der Waals surface area contributed by atoms with E-state index >= 15 is 0 Å². The van der Waals surface area contributed by atoms with Crippen molar-refractivity contribution in [2.45, 2.75) is 27.3 Å². The Balaban J connectivity index is 1.26. The predicted octanol–water partition coefficient (Wildman–Crippen LogP) is 3.44. The Morgan fingerprint density at radius 1 is 1.00 bits per heavy atom. The molecule has 0 spiro atoms. The quantitative estimate of drug-likeness (QED) is 0.582. The number of nitrogens with zero attached hydrogens (tertiary/aromatic N) is 3.